The van der Waals surface area contributed by atoms with Crippen LogP contribution < -0.4 is 0 Å². The van der Waals surface area contributed by atoms with Crippen molar-refractivity contribution < 1.29 is 4.74 Å². The van der Waals surface area contributed by atoms with Gasteiger partial charge in [0.25, 0.3) is 0 Å². The largest absolute Gasteiger partial charge is 0.367 e. The molecule has 0 atom stereocenters. The molecule has 0 saturated carbocycles. The van der Waals surface area contributed by atoms with Gasteiger partial charge in [-0.15, -0.1) is 0 Å². The van der Waals surface area contributed by atoms with Gasteiger partial charge < -0.3 is 4.74 Å². The Balaban J connectivity index is 2.11. The molecule has 1 aliphatic rings. The van der Waals surface area contributed by atoms with E-state index in [4.69, 9.17) is 4.74 Å². The summed E-state index contributed by atoms with van der Waals surface area (Å²) in [5.41, 5.74) is 2.93. The highest BCUT2D eigenvalue weighted by Crippen LogP contribution is 2.23. The van der Waals surface area contributed by atoms with E-state index in [9.17, 15) is 0 Å². The summed E-state index contributed by atoms with van der Waals surface area (Å²) < 4.78 is 6.37. The van der Waals surface area contributed by atoms with Gasteiger partial charge >= 0.3 is 0 Å². The number of benzene rings is 1. The van der Waals surface area contributed by atoms with E-state index in [1.165, 1.54) is 11.1 Å². The Bertz CT molecular complexity index is 247. The van der Waals surface area contributed by atoms with Crippen LogP contribution in [0.25, 0.3) is 0 Å². The third-order valence-electron chi connectivity index (χ3n) is 2.31. The van der Waals surface area contributed by atoms with Crippen molar-refractivity contribution in [3.05, 3.63) is 35.4 Å². The molecule has 12 heavy (non-hydrogen) atoms. The van der Waals surface area contributed by atoms with Crippen LogP contribution in [0, 0.1) is 0 Å². The van der Waals surface area contributed by atoms with Gasteiger partial charge in [-0.3, -0.25) is 0 Å². The highest BCUT2D eigenvalue weighted by molar-refractivity contribution is 14.1. The Labute approximate surface area is 86.3 Å². The van der Waals surface area contributed by atoms with Crippen LogP contribution in [-0.4, -0.2) is 10.7 Å². The molecular weight excluding hydrogens is 263 g/mol. The van der Waals surface area contributed by atoms with Crippen LogP contribution in [0.15, 0.2) is 24.3 Å². The Hall–Kier alpha value is -0.0900. The third kappa shape index (κ3) is 1.64. The van der Waals surface area contributed by atoms with Crippen molar-refractivity contribution in [2.75, 3.05) is 4.61 Å². The second-order valence-electron chi connectivity index (χ2n) is 3.07. The van der Waals surface area contributed by atoms with Crippen molar-refractivity contribution in [1.29, 1.82) is 0 Å². The molecule has 0 aliphatic heterocycles. The lowest BCUT2D eigenvalue weighted by Gasteiger charge is -2.06. The fraction of sp³-hybridized carbons (Fsp3) is 0.400. The molecule has 1 aliphatic carbocycles. The fourth-order valence-electron chi connectivity index (χ4n) is 1.73. The Morgan fingerprint density at radius 1 is 1.25 bits per heavy atom. The topological polar surface area (TPSA) is 9.23 Å². The first-order valence-corrected chi connectivity index (χ1v) is 5.67. The first-order valence-electron chi connectivity index (χ1n) is 4.14. The highest BCUT2D eigenvalue weighted by Gasteiger charge is 2.20. The molecule has 2 rings (SSSR count). The lowest BCUT2D eigenvalue weighted by atomic mass is 10.1. The molecule has 0 bridgehead atoms. The maximum absolute atomic E-state index is 5.57. The fourth-order valence-corrected chi connectivity index (χ4v) is 2.23. The second-order valence-corrected chi connectivity index (χ2v) is 3.70. The molecule has 0 heterocycles. The van der Waals surface area contributed by atoms with Gasteiger partial charge in [0.05, 0.1) is 10.7 Å². The molecule has 0 fully saturated rings. The molecular formula is C10H11IO. The summed E-state index contributed by atoms with van der Waals surface area (Å²) in [6, 6.07) is 8.61. The van der Waals surface area contributed by atoms with E-state index in [0.717, 1.165) is 17.5 Å². The summed E-state index contributed by atoms with van der Waals surface area (Å²) in [5.74, 6) is 0. The van der Waals surface area contributed by atoms with Crippen LogP contribution >= 0.6 is 22.6 Å². The SMILES string of the molecule is ICOC1Cc2ccccc2C1. The standard InChI is InChI=1S/C10H11IO/c11-7-12-10-5-8-3-1-2-4-9(8)6-10/h1-4,10H,5-7H2. The van der Waals surface area contributed by atoms with E-state index in [2.05, 4.69) is 46.9 Å². The lowest BCUT2D eigenvalue weighted by Crippen LogP contribution is -2.10. The maximum Gasteiger partial charge on any atom is 0.0983 e. The van der Waals surface area contributed by atoms with E-state index in [1.807, 2.05) is 0 Å². The van der Waals surface area contributed by atoms with Crippen LogP contribution in [-0.2, 0) is 17.6 Å². The summed E-state index contributed by atoms with van der Waals surface area (Å²) in [6.45, 7) is 0. The van der Waals surface area contributed by atoms with E-state index >= 15 is 0 Å². The average molecular weight is 274 g/mol. The first kappa shape index (κ1) is 8.51. The van der Waals surface area contributed by atoms with Crippen LogP contribution in [0.1, 0.15) is 11.1 Å². The van der Waals surface area contributed by atoms with Crippen LogP contribution in [0.4, 0.5) is 0 Å². The molecule has 0 saturated heterocycles. The predicted octanol–water partition coefficient (Wildman–Crippen LogP) is 2.56. The minimum Gasteiger partial charge on any atom is -0.367 e. The normalized spacial score (nSPS) is 16.4. The zero-order chi connectivity index (χ0) is 8.39. The third-order valence-corrected chi connectivity index (χ3v) is 2.67. The van der Waals surface area contributed by atoms with E-state index < -0.39 is 0 Å². The van der Waals surface area contributed by atoms with Gasteiger partial charge in [0.2, 0.25) is 0 Å². The van der Waals surface area contributed by atoms with Crippen molar-refractivity contribution in [2.45, 2.75) is 18.9 Å². The molecule has 1 aromatic carbocycles. The average Bonchev–Trinajstić information content (AvgIpc) is 2.47. The zero-order valence-electron chi connectivity index (χ0n) is 6.79. The van der Waals surface area contributed by atoms with E-state index in [-0.39, 0.29) is 0 Å². The highest BCUT2D eigenvalue weighted by atomic mass is 127. The van der Waals surface area contributed by atoms with Gasteiger partial charge in [-0.2, -0.15) is 0 Å². The summed E-state index contributed by atoms with van der Waals surface area (Å²) in [6.07, 6.45) is 2.62. The van der Waals surface area contributed by atoms with Crippen LogP contribution in [0.5, 0.6) is 0 Å². The number of alkyl halides is 1. The van der Waals surface area contributed by atoms with Gasteiger partial charge in [-0.05, 0) is 24.0 Å². The summed E-state index contributed by atoms with van der Waals surface area (Å²) in [5, 5.41) is 0. The number of hydrogen-bond acceptors (Lipinski definition) is 1. The molecule has 0 amide bonds. The van der Waals surface area contributed by atoms with Crippen molar-refractivity contribution in [2.24, 2.45) is 0 Å². The molecule has 1 nitrogen and oxygen atoms in total. The molecule has 64 valence electrons. The quantitative estimate of drug-likeness (QED) is 0.595. The van der Waals surface area contributed by atoms with Crippen molar-refractivity contribution in [1.82, 2.24) is 0 Å². The molecule has 0 N–H and O–H groups in total. The van der Waals surface area contributed by atoms with Gasteiger partial charge in [0, 0.05) is 0 Å². The van der Waals surface area contributed by atoms with Crippen LogP contribution in [0.3, 0.4) is 0 Å². The molecule has 0 spiro atoms. The number of ether oxygens (including phenoxy) is 1. The van der Waals surface area contributed by atoms with Crippen LogP contribution in [0.2, 0.25) is 0 Å². The van der Waals surface area contributed by atoms with Crippen molar-refractivity contribution >= 4 is 22.6 Å². The molecule has 0 aromatic heterocycles. The van der Waals surface area contributed by atoms with Gasteiger partial charge in [0.1, 0.15) is 0 Å². The molecule has 0 radical (unpaired) electrons. The monoisotopic (exact) mass is 274 g/mol. The minimum absolute atomic E-state index is 0.430. The smallest absolute Gasteiger partial charge is 0.0983 e. The van der Waals surface area contributed by atoms with E-state index in [0.29, 0.717) is 6.10 Å². The Morgan fingerprint density at radius 2 is 1.83 bits per heavy atom. The van der Waals surface area contributed by atoms with Gasteiger partial charge in [-0.1, -0.05) is 46.9 Å². The minimum atomic E-state index is 0.430. The Kier molecular flexibility index (Phi) is 2.66. The number of halogens is 1. The number of rotatable bonds is 2. The number of fused-ring (bicyclic) bond motifs is 1. The number of hydrogen-bond donors (Lipinski definition) is 0. The van der Waals surface area contributed by atoms with Crippen molar-refractivity contribution in [3.8, 4) is 0 Å². The molecule has 2 heteroatoms. The lowest BCUT2D eigenvalue weighted by molar-refractivity contribution is 0.106. The molecule has 1 aromatic rings. The summed E-state index contributed by atoms with van der Waals surface area (Å²) in [4.78, 5) is 0. The van der Waals surface area contributed by atoms with Crippen molar-refractivity contribution in [3.63, 3.8) is 0 Å². The summed E-state index contributed by atoms with van der Waals surface area (Å²) in [7, 11) is 0. The van der Waals surface area contributed by atoms with E-state index in [1.54, 1.807) is 0 Å². The predicted molar refractivity (Wildman–Crippen MR) is 57.6 cm³/mol. The maximum atomic E-state index is 5.57. The van der Waals surface area contributed by atoms with Gasteiger partial charge in [-0.25, -0.2) is 0 Å². The Morgan fingerprint density at radius 3 is 2.33 bits per heavy atom. The summed E-state index contributed by atoms with van der Waals surface area (Å²) >= 11 is 2.25. The zero-order valence-corrected chi connectivity index (χ0v) is 8.95. The molecule has 0 unspecified atom stereocenters. The van der Waals surface area contributed by atoms with Gasteiger partial charge in [0.15, 0.2) is 0 Å². The second kappa shape index (κ2) is 3.75. The first-order chi connectivity index (χ1) is 5.90.